The van der Waals surface area contributed by atoms with Gasteiger partial charge in [0.2, 0.25) is 5.91 Å². The molecule has 2 N–H and O–H groups in total. The Bertz CT molecular complexity index is 305. The molecule has 1 atom stereocenters. The largest absolute Gasteiger partial charge is 0.340 e. The van der Waals surface area contributed by atoms with E-state index < -0.39 is 0 Å². The predicted molar refractivity (Wildman–Crippen MR) is 87.1 cm³/mol. The van der Waals surface area contributed by atoms with E-state index in [2.05, 4.69) is 16.7 Å². The molecular formula is C17H33N3O. The molecule has 4 heteroatoms. The lowest BCUT2D eigenvalue weighted by Crippen LogP contribution is -2.54. The minimum atomic E-state index is 0.306. The van der Waals surface area contributed by atoms with Crippen LogP contribution in [0.15, 0.2) is 0 Å². The van der Waals surface area contributed by atoms with Crippen LogP contribution < -0.4 is 5.73 Å². The fraction of sp³-hybridized carbons (Fsp3) is 0.941. The molecule has 0 radical (unpaired) electrons. The Morgan fingerprint density at radius 3 is 2.24 bits per heavy atom. The van der Waals surface area contributed by atoms with E-state index in [-0.39, 0.29) is 0 Å². The molecule has 1 unspecified atom stereocenters. The number of rotatable bonds is 5. The van der Waals surface area contributed by atoms with Gasteiger partial charge in [-0.05, 0) is 19.3 Å². The number of amides is 1. The van der Waals surface area contributed by atoms with Gasteiger partial charge in [-0.15, -0.1) is 0 Å². The second kappa shape index (κ2) is 8.74. The molecule has 1 heterocycles. The molecule has 4 nitrogen and oxygen atoms in total. The molecule has 0 bridgehead atoms. The quantitative estimate of drug-likeness (QED) is 0.791. The first kappa shape index (κ1) is 16.8. The van der Waals surface area contributed by atoms with Crippen molar-refractivity contribution in [3.8, 4) is 0 Å². The van der Waals surface area contributed by atoms with Crippen LogP contribution in [-0.2, 0) is 4.79 Å². The minimum absolute atomic E-state index is 0.306. The zero-order chi connectivity index (χ0) is 15.1. The summed E-state index contributed by atoms with van der Waals surface area (Å²) < 4.78 is 0. The smallest absolute Gasteiger partial charge is 0.225 e. The lowest BCUT2D eigenvalue weighted by molar-refractivity contribution is -0.138. The highest BCUT2D eigenvalue weighted by Gasteiger charge is 2.29. The lowest BCUT2D eigenvalue weighted by atomic mass is 9.98. The number of piperazine rings is 1. The van der Waals surface area contributed by atoms with Crippen LogP contribution in [0.25, 0.3) is 0 Å². The van der Waals surface area contributed by atoms with Gasteiger partial charge in [-0.2, -0.15) is 0 Å². The maximum atomic E-state index is 12.7. The maximum Gasteiger partial charge on any atom is 0.225 e. The number of nitrogens with zero attached hydrogens (tertiary/aromatic N) is 2. The second-order valence-corrected chi connectivity index (χ2v) is 6.73. The van der Waals surface area contributed by atoms with Gasteiger partial charge < -0.3 is 10.6 Å². The molecule has 1 amide bonds. The first-order chi connectivity index (χ1) is 10.3. The van der Waals surface area contributed by atoms with Crippen molar-refractivity contribution in [1.82, 2.24) is 9.80 Å². The van der Waals surface area contributed by atoms with E-state index in [4.69, 9.17) is 5.73 Å². The summed E-state index contributed by atoms with van der Waals surface area (Å²) in [5, 5.41) is 0. The molecule has 0 aromatic rings. The van der Waals surface area contributed by atoms with Crippen LogP contribution in [0, 0.1) is 5.92 Å². The molecule has 0 aromatic heterocycles. The van der Waals surface area contributed by atoms with E-state index >= 15 is 0 Å². The van der Waals surface area contributed by atoms with Crippen molar-refractivity contribution < 1.29 is 4.79 Å². The molecule has 122 valence electrons. The van der Waals surface area contributed by atoms with Gasteiger partial charge in [0.05, 0.1) is 0 Å². The fourth-order valence-corrected chi connectivity index (χ4v) is 3.87. The summed E-state index contributed by atoms with van der Waals surface area (Å²) in [5.74, 6) is 0.733. The third-order valence-electron chi connectivity index (χ3n) is 5.24. The van der Waals surface area contributed by atoms with Gasteiger partial charge in [0, 0.05) is 44.7 Å². The van der Waals surface area contributed by atoms with Crippen LogP contribution in [0.1, 0.15) is 58.3 Å². The summed E-state index contributed by atoms with van der Waals surface area (Å²) in [4.78, 5) is 17.3. The molecule has 21 heavy (non-hydrogen) atoms. The van der Waals surface area contributed by atoms with Crippen LogP contribution >= 0.6 is 0 Å². The van der Waals surface area contributed by atoms with Gasteiger partial charge in [0.25, 0.3) is 0 Å². The van der Waals surface area contributed by atoms with Gasteiger partial charge in [0.15, 0.2) is 0 Å². The maximum absolute atomic E-state index is 12.7. The summed E-state index contributed by atoms with van der Waals surface area (Å²) in [5.41, 5.74) is 5.90. The van der Waals surface area contributed by atoms with E-state index in [9.17, 15) is 4.79 Å². The van der Waals surface area contributed by atoms with E-state index in [1.54, 1.807) is 0 Å². The number of hydrogen-bond acceptors (Lipinski definition) is 3. The summed E-state index contributed by atoms with van der Waals surface area (Å²) in [6.07, 6.45) is 9.68. The Morgan fingerprint density at radius 1 is 1.10 bits per heavy atom. The first-order valence-corrected chi connectivity index (χ1v) is 8.99. The molecule has 1 aliphatic heterocycles. The molecule has 0 spiro atoms. The van der Waals surface area contributed by atoms with Gasteiger partial charge in [0.1, 0.15) is 0 Å². The normalized spacial score (nSPS) is 23.8. The van der Waals surface area contributed by atoms with Crippen LogP contribution in [0.5, 0.6) is 0 Å². The molecule has 2 fully saturated rings. The van der Waals surface area contributed by atoms with E-state index in [0.29, 0.717) is 17.9 Å². The zero-order valence-corrected chi connectivity index (χ0v) is 13.7. The van der Waals surface area contributed by atoms with Crippen LogP contribution in [0.2, 0.25) is 0 Å². The van der Waals surface area contributed by atoms with Crippen LogP contribution in [-0.4, -0.2) is 54.5 Å². The van der Waals surface area contributed by atoms with Gasteiger partial charge in [-0.3, -0.25) is 9.69 Å². The number of carbonyl (C=O) groups excluding carboxylic acids is 1. The lowest BCUT2D eigenvalue weighted by Gasteiger charge is -2.40. The molecule has 2 rings (SSSR count). The average molecular weight is 295 g/mol. The van der Waals surface area contributed by atoms with Gasteiger partial charge in [-0.1, -0.05) is 39.0 Å². The summed E-state index contributed by atoms with van der Waals surface area (Å²) in [6, 6.07) is 0.505. The fourth-order valence-electron chi connectivity index (χ4n) is 3.87. The third kappa shape index (κ3) is 4.68. The Balaban J connectivity index is 1.80. The first-order valence-electron chi connectivity index (χ1n) is 8.99. The third-order valence-corrected chi connectivity index (χ3v) is 5.24. The number of nitrogens with two attached hydrogens (primary N) is 1. The summed E-state index contributed by atoms with van der Waals surface area (Å²) in [6.45, 7) is 6.75. The SMILES string of the molecule is CCCC(CN)N1CCN(C(=O)C2CCCCCC2)CC1. The summed E-state index contributed by atoms with van der Waals surface area (Å²) >= 11 is 0. The average Bonchev–Trinajstić information content (AvgIpc) is 2.81. The van der Waals surface area contributed by atoms with Gasteiger partial charge >= 0.3 is 0 Å². The molecule has 1 saturated heterocycles. The standard InChI is InChI=1S/C17H33N3O/c1-2-7-16(14-18)19-10-12-20(13-11-19)17(21)15-8-5-3-4-6-9-15/h15-16H,2-14,18H2,1H3. The van der Waals surface area contributed by atoms with Crippen LogP contribution in [0.4, 0.5) is 0 Å². The van der Waals surface area contributed by atoms with Crippen molar-refractivity contribution in [2.24, 2.45) is 11.7 Å². The highest BCUT2D eigenvalue weighted by molar-refractivity contribution is 5.79. The molecular weight excluding hydrogens is 262 g/mol. The molecule has 1 aliphatic carbocycles. The van der Waals surface area contributed by atoms with Crippen molar-refractivity contribution in [1.29, 1.82) is 0 Å². The second-order valence-electron chi connectivity index (χ2n) is 6.73. The zero-order valence-electron chi connectivity index (χ0n) is 13.7. The van der Waals surface area contributed by atoms with Gasteiger partial charge in [-0.25, -0.2) is 0 Å². The Labute approximate surface area is 130 Å². The highest BCUT2D eigenvalue weighted by Crippen LogP contribution is 2.25. The predicted octanol–water partition coefficient (Wildman–Crippen LogP) is 2.23. The number of carbonyl (C=O) groups is 1. The van der Waals surface area contributed by atoms with Crippen LogP contribution in [0.3, 0.4) is 0 Å². The van der Waals surface area contributed by atoms with Crippen molar-refractivity contribution in [2.75, 3.05) is 32.7 Å². The van der Waals surface area contributed by atoms with Crippen molar-refractivity contribution in [3.63, 3.8) is 0 Å². The molecule has 2 aliphatic rings. The minimum Gasteiger partial charge on any atom is -0.340 e. The number of hydrogen-bond donors (Lipinski definition) is 1. The Morgan fingerprint density at radius 2 is 1.71 bits per heavy atom. The monoisotopic (exact) mass is 295 g/mol. The van der Waals surface area contributed by atoms with Crippen molar-refractivity contribution in [3.05, 3.63) is 0 Å². The molecule has 0 aromatic carbocycles. The Hall–Kier alpha value is -0.610. The van der Waals surface area contributed by atoms with Crippen molar-refractivity contribution in [2.45, 2.75) is 64.3 Å². The summed E-state index contributed by atoms with van der Waals surface area (Å²) in [7, 11) is 0. The van der Waals surface area contributed by atoms with E-state index in [1.807, 2.05) is 0 Å². The highest BCUT2D eigenvalue weighted by atomic mass is 16.2. The topological polar surface area (TPSA) is 49.6 Å². The van der Waals surface area contributed by atoms with E-state index in [0.717, 1.165) is 45.6 Å². The van der Waals surface area contributed by atoms with Crippen molar-refractivity contribution >= 4 is 5.91 Å². The molecule has 1 saturated carbocycles. The van der Waals surface area contributed by atoms with E-state index in [1.165, 1.54) is 38.5 Å². The Kier molecular flexibility index (Phi) is 6.97.